The molecule has 1 aliphatic carbocycles. The fourth-order valence-corrected chi connectivity index (χ4v) is 1.43. The highest BCUT2D eigenvalue weighted by atomic mass is 16.5. The zero-order chi connectivity index (χ0) is 10.7. The Morgan fingerprint density at radius 1 is 1.40 bits per heavy atom. The Labute approximate surface area is 88.7 Å². The van der Waals surface area contributed by atoms with Gasteiger partial charge in [-0.3, -0.25) is 4.79 Å². The summed E-state index contributed by atoms with van der Waals surface area (Å²) in [6, 6.07) is 7.68. The van der Waals surface area contributed by atoms with Crippen LogP contribution in [0, 0.1) is 0 Å². The summed E-state index contributed by atoms with van der Waals surface area (Å²) in [7, 11) is 0. The molecule has 1 aliphatic rings. The molecule has 0 aliphatic heterocycles. The van der Waals surface area contributed by atoms with Crippen molar-refractivity contribution in [3.8, 4) is 5.75 Å². The summed E-state index contributed by atoms with van der Waals surface area (Å²) in [5.41, 5.74) is 0.992. The smallest absolute Gasteiger partial charge is 0.303 e. The van der Waals surface area contributed by atoms with Gasteiger partial charge in [0, 0.05) is 6.42 Å². The van der Waals surface area contributed by atoms with Gasteiger partial charge in [0.05, 0.1) is 6.10 Å². The van der Waals surface area contributed by atoms with Crippen molar-refractivity contribution in [2.45, 2.75) is 31.8 Å². The molecule has 3 nitrogen and oxygen atoms in total. The summed E-state index contributed by atoms with van der Waals surface area (Å²) in [6.07, 6.45) is 3.29. The quantitative estimate of drug-likeness (QED) is 0.803. The Morgan fingerprint density at radius 3 is 2.80 bits per heavy atom. The highest BCUT2D eigenvalue weighted by molar-refractivity contribution is 5.67. The Morgan fingerprint density at radius 2 is 2.13 bits per heavy atom. The third-order valence-electron chi connectivity index (χ3n) is 2.40. The molecule has 3 heteroatoms. The van der Waals surface area contributed by atoms with E-state index in [0.29, 0.717) is 12.5 Å². The molecule has 0 aromatic heterocycles. The molecule has 1 saturated carbocycles. The lowest BCUT2D eigenvalue weighted by Gasteiger charge is -2.09. The van der Waals surface area contributed by atoms with Crippen molar-refractivity contribution in [2.75, 3.05) is 0 Å². The van der Waals surface area contributed by atoms with E-state index in [1.54, 1.807) is 0 Å². The van der Waals surface area contributed by atoms with E-state index < -0.39 is 5.97 Å². The van der Waals surface area contributed by atoms with E-state index in [1.807, 2.05) is 24.3 Å². The molecule has 0 atom stereocenters. The second-order valence-corrected chi connectivity index (χ2v) is 3.82. The minimum atomic E-state index is -0.767. The fraction of sp³-hybridized carbons (Fsp3) is 0.417. The number of hydrogen-bond donors (Lipinski definition) is 1. The standard InChI is InChI=1S/C12H14O3/c13-12(14)8-5-9-3-1-2-4-11(9)15-10-6-7-10/h1-4,10H,5-8H2,(H,13,14). The van der Waals surface area contributed by atoms with Crippen LogP contribution in [0.4, 0.5) is 0 Å². The summed E-state index contributed by atoms with van der Waals surface area (Å²) >= 11 is 0. The zero-order valence-electron chi connectivity index (χ0n) is 8.48. The van der Waals surface area contributed by atoms with Crippen molar-refractivity contribution < 1.29 is 14.6 Å². The summed E-state index contributed by atoms with van der Waals surface area (Å²) in [5, 5.41) is 8.62. The number of para-hydroxylation sites is 1. The van der Waals surface area contributed by atoms with E-state index in [4.69, 9.17) is 9.84 Å². The van der Waals surface area contributed by atoms with E-state index in [9.17, 15) is 4.79 Å². The highest BCUT2D eigenvalue weighted by Gasteiger charge is 2.24. The molecular weight excluding hydrogens is 192 g/mol. The van der Waals surface area contributed by atoms with Crippen molar-refractivity contribution in [3.63, 3.8) is 0 Å². The van der Waals surface area contributed by atoms with Crippen LogP contribution in [0.5, 0.6) is 5.75 Å². The van der Waals surface area contributed by atoms with E-state index in [1.165, 1.54) is 0 Å². The van der Waals surface area contributed by atoms with Crippen molar-refractivity contribution in [2.24, 2.45) is 0 Å². The van der Waals surface area contributed by atoms with Crippen molar-refractivity contribution in [1.82, 2.24) is 0 Å². The SMILES string of the molecule is O=C(O)CCc1ccccc1OC1CC1. The average Bonchev–Trinajstić information content (AvgIpc) is 3.00. The topological polar surface area (TPSA) is 46.5 Å². The van der Waals surface area contributed by atoms with Crippen molar-refractivity contribution in [1.29, 1.82) is 0 Å². The summed E-state index contributed by atoms with van der Waals surface area (Å²) in [6.45, 7) is 0. The Kier molecular flexibility index (Phi) is 2.90. The molecule has 0 amide bonds. The number of carboxylic acids is 1. The molecule has 80 valence electrons. The number of hydrogen-bond acceptors (Lipinski definition) is 2. The average molecular weight is 206 g/mol. The maximum absolute atomic E-state index is 10.5. The molecular formula is C12H14O3. The van der Waals surface area contributed by atoms with Gasteiger partial charge in [0.25, 0.3) is 0 Å². The lowest BCUT2D eigenvalue weighted by atomic mass is 10.1. The minimum absolute atomic E-state index is 0.158. The fourth-order valence-electron chi connectivity index (χ4n) is 1.43. The maximum atomic E-state index is 10.5. The summed E-state index contributed by atoms with van der Waals surface area (Å²) < 4.78 is 5.70. The van der Waals surface area contributed by atoms with Gasteiger partial charge < -0.3 is 9.84 Å². The van der Waals surface area contributed by atoms with E-state index >= 15 is 0 Å². The molecule has 1 aromatic rings. The van der Waals surface area contributed by atoms with Crippen LogP contribution < -0.4 is 4.74 Å². The first-order valence-corrected chi connectivity index (χ1v) is 5.22. The van der Waals surface area contributed by atoms with Crippen LogP contribution in [-0.2, 0) is 11.2 Å². The Hall–Kier alpha value is -1.51. The number of carbonyl (C=O) groups is 1. The predicted molar refractivity (Wildman–Crippen MR) is 56.0 cm³/mol. The molecule has 0 spiro atoms. The van der Waals surface area contributed by atoms with Crippen LogP contribution in [0.3, 0.4) is 0 Å². The second kappa shape index (κ2) is 4.34. The number of benzene rings is 1. The van der Waals surface area contributed by atoms with Crippen LogP contribution in [-0.4, -0.2) is 17.2 Å². The zero-order valence-corrected chi connectivity index (χ0v) is 8.48. The lowest BCUT2D eigenvalue weighted by molar-refractivity contribution is -0.136. The molecule has 1 fully saturated rings. The van der Waals surface area contributed by atoms with Gasteiger partial charge in [0.15, 0.2) is 0 Å². The first-order valence-electron chi connectivity index (χ1n) is 5.22. The van der Waals surface area contributed by atoms with Gasteiger partial charge in [-0.25, -0.2) is 0 Å². The summed E-state index contributed by atoms with van der Waals surface area (Å²) in [4.78, 5) is 10.5. The van der Waals surface area contributed by atoms with Crippen molar-refractivity contribution in [3.05, 3.63) is 29.8 Å². The van der Waals surface area contributed by atoms with Crippen LogP contribution in [0.25, 0.3) is 0 Å². The predicted octanol–water partition coefficient (Wildman–Crippen LogP) is 2.25. The van der Waals surface area contributed by atoms with Crippen molar-refractivity contribution >= 4 is 5.97 Å². The lowest BCUT2D eigenvalue weighted by Crippen LogP contribution is -2.02. The first-order chi connectivity index (χ1) is 7.25. The van der Waals surface area contributed by atoms with E-state index in [0.717, 1.165) is 24.2 Å². The molecule has 0 saturated heterocycles. The van der Waals surface area contributed by atoms with E-state index in [2.05, 4.69) is 0 Å². The molecule has 0 unspecified atom stereocenters. The van der Waals surface area contributed by atoms with E-state index in [-0.39, 0.29) is 6.42 Å². The van der Waals surface area contributed by atoms with Gasteiger partial charge in [0.2, 0.25) is 0 Å². The molecule has 0 radical (unpaired) electrons. The monoisotopic (exact) mass is 206 g/mol. The number of ether oxygens (including phenoxy) is 1. The Bertz CT molecular complexity index is 356. The first kappa shape index (κ1) is 10.0. The van der Waals surface area contributed by atoms with Gasteiger partial charge >= 0.3 is 5.97 Å². The molecule has 1 aromatic carbocycles. The van der Waals surface area contributed by atoms with Crippen LogP contribution in [0.15, 0.2) is 24.3 Å². The van der Waals surface area contributed by atoms with Gasteiger partial charge in [-0.2, -0.15) is 0 Å². The molecule has 1 N–H and O–H groups in total. The molecule has 2 rings (SSSR count). The molecule has 0 bridgehead atoms. The number of carboxylic acid groups (broad SMARTS) is 1. The highest BCUT2D eigenvalue weighted by Crippen LogP contribution is 2.29. The normalized spacial score (nSPS) is 14.9. The molecule has 0 heterocycles. The van der Waals surface area contributed by atoms with Crippen LogP contribution >= 0.6 is 0 Å². The maximum Gasteiger partial charge on any atom is 0.303 e. The Balaban J connectivity index is 2.02. The third-order valence-corrected chi connectivity index (χ3v) is 2.40. The second-order valence-electron chi connectivity index (χ2n) is 3.82. The number of aliphatic carboxylic acids is 1. The number of aryl methyl sites for hydroxylation is 1. The third kappa shape index (κ3) is 2.98. The van der Waals surface area contributed by atoms with Gasteiger partial charge in [-0.1, -0.05) is 18.2 Å². The van der Waals surface area contributed by atoms with Crippen LogP contribution in [0.2, 0.25) is 0 Å². The number of rotatable bonds is 5. The molecule has 15 heavy (non-hydrogen) atoms. The van der Waals surface area contributed by atoms with Gasteiger partial charge in [0.1, 0.15) is 5.75 Å². The van der Waals surface area contributed by atoms with Gasteiger partial charge in [-0.05, 0) is 30.9 Å². The van der Waals surface area contributed by atoms with Crippen LogP contribution in [0.1, 0.15) is 24.8 Å². The van der Waals surface area contributed by atoms with Gasteiger partial charge in [-0.15, -0.1) is 0 Å². The summed E-state index contributed by atoms with van der Waals surface area (Å²) in [5.74, 6) is 0.0810. The minimum Gasteiger partial charge on any atom is -0.490 e. The largest absolute Gasteiger partial charge is 0.490 e.